The topological polar surface area (TPSA) is 33.2 Å². The summed E-state index contributed by atoms with van der Waals surface area (Å²) in [5, 5.41) is 0. The van der Waals surface area contributed by atoms with Crippen LogP contribution in [0.25, 0.3) is 0 Å². The molecular formula is C15H22N2O. The van der Waals surface area contributed by atoms with Gasteiger partial charge in [-0.1, -0.05) is 19.9 Å². The molecule has 3 nitrogen and oxygen atoms in total. The average Bonchev–Trinajstić information content (AvgIpc) is 2.38. The van der Waals surface area contributed by atoms with Crippen LogP contribution in [0.2, 0.25) is 0 Å². The Kier molecular flexibility index (Phi) is 4.00. The van der Waals surface area contributed by atoms with Gasteiger partial charge in [0.25, 0.3) is 0 Å². The molecule has 1 saturated heterocycles. The summed E-state index contributed by atoms with van der Waals surface area (Å²) in [5.74, 6) is 0.767. The molecule has 0 radical (unpaired) electrons. The van der Waals surface area contributed by atoms with Crippen molar-refractivity contribution in [3.63, 3.8) is 0 Å². The lowest BCUT2D eigenvalue weighted by Gasteiger charge is -2.33. The second kappa shape index (κ2) is 5.51. The zero-order valence-electron chi connectivity index (χ0n) is 11.5. The van der Waals surface area contributed by atoms with Crippen LogP contribution in [0.3, 0.4) is 0 Å². The van der Waals surface area contributed by atoms with Crippen LogP contribution in [-0.2, 0) is 4.79 Å². The summed E-state index contributed by atoms with van der Waals surface area (Å²) in [4.78, 5) is 18.5. The maximum Gasteiger partial charge on any atom is 0.225 e. The van der Waals surface area contributed by atoms with Crippen molar-refractivity contribution in [2.45, 2.75) is 39.5 Å². The molecule has 18 heavy (non-hydrogen) atoms. The van der Waals surface area contributed by atoms with E-state index >= 15 is 0 Å². The lowest BCUT2D eigenvalue weighted by molar-refractivity contribution is -0.135. The number of hydrogen-bond acceptors (Lipinski definition) is 2. The highest BCUT2D eigenvalue weighted by Crippen LogP contribution is 2.26. The third kappa shape index (κ3) is 2.89. The van der Waals surface area contributed by atoms with Gasteiger partial charge in [0, 0.05) is 36.8 Å². The molecule has 1 fully saturated rings. The van der Waals surface area contributed by atoms with E-state index in [1.165, 1.54) is 5.56 Å². The van der Waals surface area contributed by atoms with Crippen LogP contribution in [0.5, 0.6) is 0 Å². The van der Waals surface area contributed by atoms with Crippen molar-refractivity contribution in [2.75, 3.05) is 13.1 Å². The van der Waals surface area contributed by atoms with E-state index in [2.05, 4.69) is 17.1 Å². The number of hydrogen-bond donors (Lipinski definition) is 0. The van der Waals surface area contributed by atoms with Gasteiger partial charge in [-0.15, -0.1) is 0 Å². The summed E-state index contributed by atoms with van der Waals surface area (Å²) in [6.45, 7) is 7.71. The number of carbonyl (C=O) groups is 1. The van der Waals surface area contributed by atoms with E-state index in [1.807, 2.05) is 31.9 Å². The molecule has 0 bridgehead atoms. The first-order valence-electron chi connectivity index (χ1n) is 6.79. The van der Waals surface area contributed by atoms with Crippen molar-refractivity contribution in [1.82, 2.24) is 9.88 Å². The Morgan fingerprint density at radius 3 is 2.83 bits per heavy atom. The number of aromatic nitrogens is 1. The van der Waals surface area contributed by atoms with E-state index < -0.39 is 0 Å². The molecule has 0 N–H and O–H groups in total. The SMILES string of the molecule is Cc1ccc(C2CCCN(C(=O)C(C)C)C2)nc1. The smallest absolute Gasteiger partial charge is 0.225 e. The third-order valence-electron chi connectivity index (χ3n) is 3.58. The largest absolute Gasteiger partial charge is 0.342 e. The standard InChI is InChI=1S/C15H22N2O/c1-11(2)15(18)17-8-4-5-13(10-17)14-7-6-12(3)9-16-14/h6-7,9,11,13H,4-5,8,10H2,1-3H3. The lowest BCUT2D eigenvalue weighted by atomic mass is 9.93. The summed E-state index contributed by atoms with van der Waals surface area (Å²) in [6, 6.07) is 4.20. The number of nitrogens with zero attached hydrogens (tertiary/aromatic N) is 2. The Bertz CT molecular complexity index is 411. The van der Waals surface area contributed by atoms with Crippen LogP contribution >= 0.6 is 0 Å². The second-order valence-corrected chi connectivity index (χ2v) is 5.54. The summed E-state index contributed by atoms with van der Waals surface area (Å²) < 4.78 is 0. The summed E-state index contributed by atoms with van der Waals surface area (Å²) in [5.41, 5.74) is 2.31. The third-order valence-corrected chi connectivity index (χ3v) is 3.58. The molecule has 0 aliphatic carbocycles. The molecule has 1 aromatic rings. The molecule has 1 aliphatic rings. The van der Waals surface area contributed by atoms with Gasteiger partial charge in [0.2, 0.25) is 5.91 Å². The average molecular weight is 246 g/mol. The van der Waals surface area contributed by atoms with Gasteiger partial charge >= 0.3 is 0 Å². The van der Waals surface area contributed by atoms with Crippen molar-refractivity contribution >= 4 is 5.91 Å². The van der Waals surface area contributed by atoms with E-state index in [0.717, 1.165) is 31.6 Å². The Morgan fingerprint density at radius 2 is 2.22 bits per heavy atom. The van der Waals surface area contributed by atoms with Crippen molar-refractivity contribution in [3.8, 4) is 0 Å². The summed E-state index contributed by atoms with van der Waals surface area (Å²) in [7, 11) is 0. The number of amides is 1. The number of aryl methyl sites for hydroxylation is 1. The van der Waals surface area contributed by atoms with Crippen molar-refractivity contribution in [1.29, 1.82) is 0 Å². The van der Waals surface area contributed by atoms with Gasteiger partial charge in [-0.3, -0.25) is 9.78 Å². The summed E-state index contributed by atoms with van der Waals surface area (Å²) >= 11 is 0. The Hall–Kier alpha value is -1.38. The van der Waals surface area contributed by atoms with E-state index in [1.54, 1.807) is 0 Å². The van der Waals surface area contributed by atoms with Gasteiger partial charge in [-0.05, 0) is 31.4 Å². The van der Waals surface area contributed by atoms with Crippen LogP contribution < -0.4 is 0 Å². The van der Waals surface area contributed by atoms with Gasteiger partial charge in [0.1, 0.15) is 0 Å². The highest BCUT2D eigenvalue weighted by atomic mass is 16.2. The van der Waals surface area contributed by atoms with Crippen LogP contribution in [0.15, 0.2) is 18.3 Å². The minimum atomic E-state index is 0.0923. The quantitative estimate of drug-likeness (QED) is 0.804. The molecule has 1 unspecified atom stereocenters. The van der Waals surface area contributed by atoms with E-state index in [0.29, 0.717) is 5.92 Å². The Morgan fingerprint density at radius 1 is 1.44 bits per heavy atom. The molecule has 3 heteroatoms. The molecule has 1 amide bonds. The van der Waals surface area contributed by atoms with Crippen molar-refractivity contribution in [2.24, 2.45) is 5.92 Å². The predicted octanol–water partition coefficient (Wildman–Crippen LogP) is 2.75. The van der Waals surface area contributed by atoms with Gasteiger partial charge < -0.3 is 4.90 Å². The normalized spacial score (nSPS) is 20.2. The molecule has 98 valence electrons. The van der Waals surface area contributed by atoms with Gasteiger partial charge in [0.05, 0.1) is 0 Å². The second-order valence-electron chi connectivity index (χ2n) is 5.54. The van der Waals surface area contributed by atoms with E-state index in [4.69, 9.17) is 0 Å². The molecule has 2 rings (SSSR count). The highest BCUT2D eigenvalue weighted by molar-refractivity contribution is 5.78. The Labute approximate surface area is 109 Å². The monoisotopic (exact) mass is 246 g/mol. The molecule has 0 aromatic carbocycles. The number of carbonyl (C=O) groups excluding carboxylic acids is 1. The van der Waals surface area contributed by atoms with E-state index in [-0.39, 0.29) is 11.8 Å². The zero-order valence-corrected chi connectivity index (χ0v) is 11.5. The Balaban J connectivity index is 2.07. The van der Waals surface area contributed by atoms with Crippen molar-refractivity contribution < 1.29 is 4.79 Å². The fourth-order valence-electron chi connectivity index (χ4n) is 2.50. The fourth-order valence-corrected chi connectivity index (χ4v) is 2.50. The minimum Gasteiger partial charge on any atom is -0.342 e. The number of likely N-dealkylation sites (tertiary alicyclic amines) is 1. The number of piperidine rings is 1. The summed E-state index contributed by atoms with van der Waals surface area (Å²) in [6.07, 6.45) is 4.13. The van der Waals surface area contributed by atoms with Crippen LogP contribution in [-0.4, -0.2) is 28.9 Å². The molecular weight excluding hydrogens is 224 g/mol. The van der Waals surface area contributed by atoms with Gasteiger partial charge in [-0.25, -0.2) is 0 Å². The molecule has 1 aromatic heterocycles. The molecule has 2 heterocycles. The predicted molar refractivity (Wildman–Crippen MR) is 72.4 cm³/mol. The first-order chi connectivity index (χ1) is 8.58. The van der Waals surface area contributed by atoms with Gasteiger partial charge in [-0.2, -0.15) is 0 Å². The molecule has 0 saturated carbocycles. The molecule has 0 spiro atoms. The van der Waals surface area contributed by atoms with Crippen LogP contribution in [0, 0.1) is 12.8 Å². The first-order valence-corrected chi connectivity index (χ1v) is 6.79. The maximum atomic E-state index is 12.0. The van der Waals surface area contributed by atoms with Crippen molar-refractivity contribution in [3.05, 3.63) is 29.6 Å². The van der Waals surface area contributed by atoms with Gasteiger partial charge in [0.15, 0.2) is 0 Å². The van der Waals surface area contributed by atoms with Crippen LogP contribution in [0.4, 0.5) is 0 Å². The molecule has 1 aliphatic heterocycles. The highest BCUT2D eigenvalue weighted by Gasteiger charge is 2.26. The zero-order chi connectivity index (χ0) is 13.1. The first kappa shape index (κ1) is 13.1. The maximum absolute atomic E-state index is 12.0. The number of pyridine rings is 1. The number of rotatable bonds is 2. The molecule has 1 atom stereocenters. The van der Waals surface area contributed by atoms with Crippen LogP contribution in [0.1, 0.15) is 43.9 Å². The fraction of sp³-hybridized carbons (Fsp3) is 0.600. The van der Waals surface area contributed by atoms with E-state index in [9.17, 15) is 4.79 Å². The lowest BCUT2D eigenvalue weighted by Crippen LogP contribution is -2.41. The minimum absolute atomic E-state index is 0.0923.